The zero-order valence-corrected chi connectivity index (χ0v) is 15.2. The number of benzene rings is 2. The average molecular weight is 372 g/mol. The van der Waals surface area contributed by atoms with E-state index in [9.17, 15) is 0 Å². The number of para-hydroxylation sites is 2. The molecule has 0 saturated carbocycles. The van der Waals surface area contributed by atoms with Crippen LogP contribution in [-0.2, 0) is 6.42 Å². The Kier molecular flexibility index (Phi) is 5.43. The maximum absolute atomic E-state index is 6.28. The second kappa shape index (κ2) is 7.93. The number of nitrogens with two attached hydrogens (primary N) is 1. The molecule has 0 unspecified atom stereocenters. The molecule has 3 aromatic rings. The molecule has 26 heavy (non-hydrogen) atoms. The highest BCUT2D eigenvalue weighted by molar-refractivity contribution is 6.31. The maximum atomic E-state index is 6.28. The van der Waals surface area contributed by atoms with E-state index in [4.69, 9.17) is 31.5 Å². The monoisotopic (exact) mass is 371 g/mol. The van der Waals surface area contributed by atoms with E-state index in [0.29, 0.717) is 23.7 Å². The van der Waals surface area contributed by atoms with Crippen molar-refractivity contribution in [2.75, 3.05) is 20.0 Å². The van der Waals surface area contributed by atoms with Crippen molar-refractivity contribution < 1.29 is 14.2 Å². The molecule has 134 valence electrons. The number of nitrogen functional groups attached to an aromatic ring is 1. The summed E-state index contributed by atoms with van der Waals surface area (Å²) in [6, 6.07) is 14.8. The minimum Gasteiger partial charge on any atom is -0.497 e. The number of ether oxygens (including phenoxy) is 3. The third kappa shape index (κ3) is 3.97. The molecular weight excluding hydrogens is 354 g/mol. The molecule has 0 fully saturated rings. The number of hydrogen-bond acceptors (Lipinski definition) is 6. The lowest BCUT2D eigenvalue weighted by molar-refractivity contribution is 0.378. The predicted octanol–water partition coefficient (Wildman–Crippen LogP) is 4.11. The molecule has 2 aromatic carbocycles. The van der Waals surface area contributed by atoms with Gasteiger partial charge in [-0.3, -0.25) is 0 Å². The number of methoxy groups -OCH3 is 2. The van der Waals surface area contributed by atoms with Crippen LogP contribution in [0.3, 0.4) is 0 Å². The van der Waals surface area contributed by atoms with Crippen molar-refractivity contribution in [1.29, 1.82) is 0 Å². The van der Waals surface area contributed by atoms with E-state index < -0.39 is 0 Å². The third-order valence-electron chi connectivity index (χ3n) is 3.70. The Labute approximate surface area is 156 Å². The summed E-state index contributed by atoms with van der Waals surface area (Å²) >= 11 is 6.28. The lowest BCUT2D eigenvalue weighted by atomic mass is 10.1. The standard InChI is InChI=1S/C19H18ClN3O3/c1-24-13-9-7-12(8-10-13)11-16-22-18(20)17(19(21)23-16)26-15-6-4-3-5-14(15)25-2/h3-10H,11H2,1-2H3,(H2,21,22,23). The van der Waals surface area contributed by atoms with Gasteiger partial charge in [0.15, 0.2) is 22.5 Å². The maximum Gasteiger partial charge on any atom is 0.206 e. The highest BCUT2D eigenvalue weighted by atomic mass is 35.5. The number of aromatic nitrogens is 2. The zero-order valence-electron chi connectivity index (χ0n) is 14.4. The van der Waals surface area contributed by atoms with Crippen molar-refractivity contribution in [3.63, 3.8) is 0 Å². The number of nitrogens with zero attached hydrogens (tertiary/aromatic N) is 2. The molecule has 0 amide bonds. The highest BCUT2D eigenvalue weighted by Gasteiger charge is 2.15. The van der Waals surface area contributed by atoms with E-state index in [2.05, 4.69) is 9.97 Å². The van der Waals surface area contributed by atoms with Crippen LogP contribution in [0.25, 0.3) is 0 Å². The molecule has 0 saturated heterocycles. The first kappa shape index (κ1) is 17.8. The van der Waals surface area contributed by atoms with Crippen LogP contribution in [0.4, 0.5) is 5.82 Å². The number of hydrogen-bond donors (Lipinski definition) is 1. The number of anilines is 1. The van der Waals surface area contributed by atoms with Gasteiger partial charge in [0, 0.05) is 6.42 Å². The van der Waals surface area contributed by atoms with Crippen molar-refractivity contribution in [3.05, 3.63) is 65.1 Å². The summed E-state index contributed by atoms with van der Waals surface area (Å²) in [6.45, 7) is 0. The first-order chi connectivity index (χ1) is 12.6. The number of halogens is 1. The SMILES string of the molecule is COc1ccc(Cc2nc(N)c(Oc3ccccc3OC)c(Cl)n2)cc1. The van der Waals surface area contributed by atoms with Crippen molar-refractivity contribution in [1.82, 2.24) is 9.97 Å². The summed E-state index contributed by atoms with van der Waals surface area (Å²) in [4.78, 5) is 8.61. The van der Waals surface area contributed by atoms with Crippen LogP contribution in [0.5, 0.6) is 23.0 Å². The molecule has 2 N–H and O–H groups in total. The van der Waals surface area contributed by atoms with Gasteiger partial charge >= 0.3 is 0 Å². The van der Waals surface area contributed by atoms with E-state index in [1.54, 1.807) is 26.4 Å². The van der Waals surface area contributed by atoms with Crippen molar-refractivity contribution in [2.45, 2.75) is 6.42 Å². The lowest BCUT2D eigenvalue weighted by Crippen LogP contribution is -2.04. The normalized spacial score (nSPS) is 10.4. The largest absolute Gasteiger partial charge is 0.497 e. The van der Waals surface area contributed by atoms with E-state index in [1.807, 2.05) is 36.4 Å². The third-order valence-corrected chi connectivity index (χ3v) is 3.96. The van der Waals surface area contributed by atoms with E-state index >= 15 is 0 Å². The number of rotatable bonds is 6. The van der Waals surface area contributed by atoms with Gasteiger partial charge in [-0.2, -0.15) is 0 Å². The van der Waals surface area contributed by atoms with Crippen LogP contribution in [-0.4, -0.2) is 24.2 Å². The second-order valence-electron chi connectivity index (χ2n) is 5.42. The molecule has 1 heterocycles. The van der Waals surface area contributed by atoms with E-state index in [0.717, 1.165) is 11.3 Å². The van der Waals surface area contributed by atoms with Gasteiger partial charge in [0.05, 0.1) is 14.2 Å². The van der Waals surface area contributed by atoms with Crippen molar-refractivity contribution in [2.24, 2.45) is 0 Å². The summed E-state index contributed by atoms with van der Waals surface area (Å²) in [5.41, 5.74) is 7.05. The second-order valence-corrected chi connectivity index (χ2v) is 5.78. The van der Waals surface area contributed by atoms with Crippen LogP contribution in [0.1, 0.15) is 11.4 Å². The topological polar surface area (TPSA) is 79.5 Å². The fourth-order valence-electron chi connectivity index (χ4n) is 2.40. The smallest absolute Gasteiger partial charge is 0.206 e. The molecule has 0 aliphatic carbocycles. The first-order valence-electron chi connectivity index (χ1n) is 7.86. The predicted molar refractivity (Wildman–Crippen MR) is 100 cm³/mol. The van der Waals surface area contributed by atoms with E-state index in [1.165, 1.54) is 0 Å². The van der Waals surface area contributed by atoms with Crippen LogP contribution >= 0.6 is 11.6 Å². The Morgan fingerprint density at radius 3 is 2.23 bits per heavy atom. The van der Waals surface area contributed by atoms with Crippen molar-refractivity contribution in [3.8, 4) is 23.0 Å². The van der Waals surface area contributed by atoms with Gasteiger partial charge in [-0.15, -0.1) is 0 Å². The lowest BCUT2D eigenvalue weighted by Gasteiger charge is -2.13. The average Bonchev–Trinajstić information content (AvgIpc) is 2.65. The van der Waals surface area contributed by atoms with Gasteiger partial charge in [0.2, 0.25) is 5.75 Å². The van der Waals surface area contributed by atoms with Crippen LogP contribution in [0.15, 0.2) is 48.5 Å². The molecule has 0 bridgehead atoms. The minimum atomic E-state index is 0.145. The fraction of sp³-hybridized carbons (Fsp3) is 0.158. The van der Waals surface area contributed by atoms with Gasteiger partial charge in [0.1, 0.15) is 11.6 Å². The molecule has 1 aromatic heterocycles. The molecule has 7 heteroatoms. The fourth-order valence-corrected chi connectivity index (χ4v) is 2.63. The van der Waals surface area contributed by atoms with Crippen LogP contribution < -0.4 is 19.9 Å². The first-order valence-corrected chi connectivity index (χ1v) is 8.24. The Bertz CT molecular complexity index is 878. The Morgan fingerprint density at radius 2 is 1.62 bits per heavy atom. The van der Waals surface area contributed by atoms with Crippen LogP contribution in [0.2, 0.25) is 5.15 Å². The van der Waals surface area contributed by atoms with Gasteiger partial charge in [-0.05, 0) is 29.8 Å². The minimum absolute atomic E-state index is 0.145. The Balaban J connectivity index is 1.83. The van der Waals surface area contributed by atoms with Gasteiger partial charge in [-0.25, -0.2) is 9.97 Å². The summed E-state index contributed by atoms with van der Waals surface area (Å²) in [6.07, 6.45) is 0.489. The van der Waals surface area contributed by atoms with E-state index in [-0.39, 0.29) is 16.7 Å². The quantitative estimate of drug-likeness (QED) is 0.657. The zero-order chi connectivity index (χ0) is 18.5. The molecule has 0 aliphatic rings. The summed E-state index contributed by atoms with van der Waals surface area (Å²) in [5, 5.41) is 0.145. The molecular formula is C19H18ClN3O3. The summed E-state index contributed by atoms with van der Waals surface area (Å²) < 4.78 is 16.2. The molecule has 0 spiro atoms. The van der Waals surface area contributed by atoms with Gasteiger partial charge in [-0.1, -0.05) is 35.9 Å². The highest BCUT2D eigenvalue weighted by Crippen LogP contribution is 2.37. The molecule has 0 atom stereocenters. The van der Waals surface area contributed by atoms with Crippen molar-refractivity contribution >= 4 is 17.4 Å². The summed E-state index contributed by atoms with van der Waals surface area (Å²) in [7, 11) is 3.18. The molecule has 6 nitrogen and oxygen atoms in total. The van der Waals surface area contributed by atoms with Crippen LogP contribution in [0, 0.1) is 0 Å². The van der Waals surface area contributed by atoms with Gasteiger partial charge < -0.3 is 19.9 Å². The molecule has 3 rings (SSSR count). The van der Waals surface area contributed by atoms with Gasteiger partial charge in [0.25, 0.3) is 0 Å². The Morgan fingerprint density at radius 1 is 0.923 bits per heavy atom. The molecule has 0 radical (unpaired) electrons. The Hall–Kier alpha value is -2.99. The summed E-state index contributed by atoms with van der Waals surface area (Å²) in [5.74, 6) is 2.70. The molecule has 0 aliphatic heterocycles.